The van der Waals surface area contributed by atoms with Gasteiger partial charge in [0.2, 0.25) is 0 Å². The predicted molar refractivity (Wildman–Crippen MR) is 169 cm³/mol. The predicted octanol–water partition coefficient (Wildman–Crippen LogP) is 7.00. The molecule has 4 aromatic rings. The van der Waals surface area contributed by atoms with E-state index in [1.165, 1.54) is 6.08 Å². The van der Waals surface area contributed by atoms with Gasteiger partial charge >= 0.3 is 6.09 Å². The molecule has 1 fully saturated rings. The van der Waals surface area contributed by atoms with E-state index in [4.69, 9.17) is 14.2 Å². The molecule has 0 aliphatic carbocycles. The van der Waals surface area contributed by atoms with Crippen LogP contribution in [0.3, 0.4) is 0 Å². The van der Waals surface area contributed by atoms with Gasteiger partial charge < -0.3 is 24.6 Å². The average Bonchev–Trinajstić information content (AvgIpc) is 3.47. The summed E-state index contributed by atoms with van der Waals surface area (Å²) in [5.41, 5.74) is 5.80. The summed E-state index contributed by atoms with van der Waals surface area (Å²) in [6, 6.07) is 24.1. The van der Waals surface area contributed by atoms with Crippen LogP contribution in [0.5, 0.6) is 0 Å². The minimum absolute atomic E-state index is 0.00290. The first-order valence-corrected chi connectivity index (χ1v) is 15.9. The first-order chi connectivity index (χ1) is 20.9. The second kappa shape index (κ2) is 14.8. The van der Waals surface area contributed by atoms with Crippen molar-refractivity contribution in [1.29, 1.82) is 0 Å². The van der Waals surface area contributed by atoms with E-state index in [2.05, 4.69) is 41.1 Å². The summed E-state index contributed by atoms with van der Waals surface area (Å²) < 4.78 is 19.2. The fraction of sp³-hybridized carbons (Fsp3) is 0.303. The molecule has 1 saturated heterocycles. The first-order valence-electron chi connectivity index (χ1n) is 14.1. The topological polar surface area (TPSA) is 103 Å². The van der Waals surface area contributed by atoms with Crippen LogP contribution >= 0.6 is 23.1 Å². The second-order valence-electron chi connectivity index (χ2n) is 10.3. The van der Waals surface area contributed by atoms with Crippen molar-refractivity contribution >= 4 is 29.2 Å². The summed E-state index contributed by atoms with van der Waals surface area (Å²) in [4.78, 5) is 11.9. The van der Waals surface area contributed by atoms with Crippen molar-refractivity contribution < 1.29 is 24.1 Å². The standard InChI is InChI=1S/C33H35N3O5S2/c1-4-15-39-32(38)34-18-24-7-5-8-26(16-24)27-9-6-10-28(17-27)31-40-29(20-42-33-36-35-22(3)43-33)21(2)30(41-31)25-13-11-23(19-37)12-14-25/h4-14,16-17,21,29-31,37H,1,15,18-20H2,2-3H3,(H,34,38)/t21-,29+,30+,31+/m1/s1. The molecular weight excluding hydrogens is 583 g/mol. The van der Waals surface area contributed by atoms with Crippen molar-refractivity contribution in [2.24, 2.45) is 5.92 Å². The number of aryl methyl sites for hydroxylation is 1. The highest BCUT2D eigenvalue weighted by Crippen LogP contribution is 2.43. The van der Waals surface area contributed by atoms with E-state index in [1.807, 2.05) is 67.6 Å². The molecule has 0 spiro atoms. The van der Waals surface area contributed by atoms with Crippen molar-refractivity contribution in [2.45, 2.75) is 49.8 Å². The Morgan fingerprint density at radius 1 is 1.05 bits per heavy atom. The summed E-state index contributed by atoms with van der Waals surface area (Å²) >= 11 is 3.23. The third kappa shape index (κ3) is 8.10. The first kappa shape index (κ1) is 30.9. The molecule has 1 aliphatic rings. The Labute approximate surface area is 260 Å². The Morgan fingerprint density at radius 2 is 1.81 bits per heavy atom. The monoisotopic (exact) mass is 617 g/mol. The molecule has 43 heavy (non-hydrogen) atoms. The van der Waals surface area contributed by atoms with E-state index in [0.717, 1.165) is 42.7 Å². The third-order valence-electron chi connectivity index (χ3n) is 7.19. The van der Waals surface area contributed by atoms with E-state index >= 15 is 0 Å². The molecule has 1 aliphatic heterocycles. The zero-order valence-electron chi connectivity index (χ0n) is 24.1. The number of benzene rings is 3. The fourth-order valence-corrected chi connectivity index (χ4v) is 6.89. The van der Waals surface area contributed by atoms with Gasteiger partial charge in [0, 0.05) is 23.8 Å². The van der Waals surface area contributed by atoms with Crippen LogP contribution in [0.25, 0.3) is 11.1 Å². The number of aliphatic hydroxyl groups excluding tert-OH is 1. The van der Waals surface area contributed by atoms with Crippen molar-refractivity contribution in [1.82, 2.24) is 15.5 Å². The zero-order chi connectivity index (χ0) is 30.2. The van der Waals surface area contributed by atoms with Crippen LogP contribution in [-0.4, -0.2) is 39.9 Å². The Hall–Kier alpha value is -3.54. The number of amides is 1. The molecule has 10 heteroatoms. The molecule has 0 bridgehead atoms. The maximum absolute atomic E-state index is 11.9. The van der Waals surface area contributed by atoms with Crippen LogP contribution in [0.15, 0.2) is 89.8 Å². The summed E-state index contributed by atoms with van der Waals surface area (Å²) in [5.74, 6) is 0.786. The average molecular weight is 618 g/mol. The SMILES string of the molecule is C=CCOC(=O)NCc1cccc(-c2cccc([C@H]3O[C@@H](CSc4nnc(C)s4)[C@@H](C)[C@@H](c4ccc(CO)cc4)O3)c2)c1. The molecule has 0 unspecified atom stereocenters. The number of nitrogens with one attached hydrogen (secondary N) is 1. The van der Waals surface area contributed by atoms with Gasteiger partial charge in [-0.2, -0.15) is 0 Å². The maximum atomic E-state index is 11.9. The fourth-order valence-electron chi connectivity index (χ4n) is 4.89. The summed E-state index contributed by atoms with van der Waals surface area (Å²) in [5, 5.41) is 21.7. The van der Waals surface area contributed by atoms with Crippen LogP contribution in [-0.2, 0) is 27.4 Å². The Morgan fingerprint density at radius 3 is 2.53 bits per heavy atom. The van der Waals surface area contributed by atoms with Crippen molar-refractivity contribution in [3.8, 4) is 11.1 Å². The molecule has 1 aromatic heterocycles. The second-order valence-corrected chi connectivity index (χ2v) is 12.7. The van der Waals surface area contributed by atoms with Gasteiger partial charge in [0.25, 0.3) is 0 Å². The molecular formula is C33H35N3O5S2. The molecule has 0 saturated carbocycles. The lowest BCUT2D eigenvalue weighted by molar-refractivity contribution is -0.268. The number of alkyl carbamates (subject to hydrolysis) is 1. The largest absolute Gasteiger partial charge is 0.445 e. The van der Waals surface area contributed by atoms with Crippen LogP contribution in [0, 0.1) is 12.8 Å². The number of aliphatic hydroxyl groups is 1. The normalized spacial score (nSPS) is 20.0. The Balaban J connectivity index is 1.37. The quantitative estimate of drug-likeness (QED) is 0.137. The molecule has 8 nitrogen and oxygen atoms in total. The van der Waals surface area contributed by atoms with Crippen LogP contribution < -0.4 is 5.32 Å². The van der Waals surface area contributed by atoms with E-state index in [-0.39, 0.29) is 31.3 Å². The molecule has 5 rings (SSSR count). The lowest BCUT2D eigenvalue weighted by atomic mass is 9.91. The number of aromatic nitrogens is 2. The lowest BCUT2D eigenvalue weighted by Gasteiger charge is -2.41. The summed E-state index contributed by atoms with van der Waals surface area (Å²) in [6.45, 7) is 8.17. The molecule has 1 amide bonds. The van der Waals surface area contributed by atoms with Crippen LogP contribution in [0.4, 0.5) is 4.79 Å². The van der Waals surface area contributed by atoms with Gasteiger partial charge in [-0.15, -0.1) is 10.2 Å². The number of thioether (sulfide) groups is 1. The number of hydrogen-bond acceptors (Lipinski definition) is 9. The van der Waals surface area contributed by atoms with Gasteiger partial charge in [0.1, 0.15) is 11.6 Å². The van der Waals surface area contributed by atoms with Gasteiger partial charge in [0.05, 0.1) is 18.8 Å². The van der Waals surface area contributed by atoms with E-state index in [9.17, 15) is 9.90 Å². The van der Waals surface area contributed by atoms with Gasteiger partial charge in [-0.05, 0) is 46.9 Å². The van der Waals surface area contributed by atoms with Crippen LogP contribution in [0.2, 0.25) is 0 Å². The Bertz CT molecular complexity index is 1530. The number of carbonyl (C=O) groups is 1. The number of ether oxygens (including phenoxy) is 3. The van der Waals surface area contributed by atoms with E-state index in [1.54, 1.807) is 23.1 Å². The maximum Gasteiger partial charge on any atom is 0.407 e. The third-order valence-corrected chi connectivity index (χ3v) is 9.25. The van der Waals surface area contributed by atoms with Gasteiger partial charge in [-0.3, -0.25) is 0 Å². The molecule has 2 N–H and O–H groups in total. The molecule has 0 radical (unpaired) electrons. The zero-order valence-corrected chi connectivity index (χ0v) is 25.8. The number of nitrogens with zero attached hydrogens (tertiary/aromatic N) is 2. The molecule has 4 atom stereocenters. The molecule has 3 aromatic carbocycles. The highest BCUT2D eigenvalue weighted by Gasteiger charge is 2.38. The summed E-state index contributed by atoms with van der Waals surface area (Å²) in [7, 11) is 0. The van der Waals surface area contributed by atoms with Gasteiger partial charge in [0.15, 0.2) is 10.6 Å². The van der Waals surface area contributed by atoms with Crippen molar-refractivity contribution in [2.75, 3.05) is 12.4 Å². The smallest absolute Gasteiger partial charge is 0.407 e. The van der Waals surface area contributed by atoms with Crippen molar-refractivity contribution in [3.05, 3.63) is 113 Å². The van der Waals surface area contributed by atoms with E-state index in [0.29, 0.717) is 12.3 Å². The summed E-state index contributed by atoms with van der Waals surface area (Å²) in [6.07, 6.45) is 0.164. The van der Waals surface area contributed by atoms with Gasteiger partial charge in [-0.25, -0.2) is 4.79 Å². The number of rotatable bonds is 11. The van der Waals surface area contributed by atoms with E-state index < -0.39 is 12.4 Å². The van der Waals surface area contributed by atoms with Crippen LogP contribution in [0.1, 0.15) is 46.6 Å². The Kier molecular flexibility index (Phi) is 10.6. The minimum atomic E-state index is -0.579. The molecule has 224 valence electrons. The highest BCUT2D eigenvalue weighted by atomic mass is 32.2. The van der Waals surface area contributed by atoms with Crippen molar-refractivity contribution in [3.63, 3.8) is 0 Å². The number of carbonyl (C=O) groups excluding carboxylic acids is 1. The van der Waals surface area contributed by atoms with Gasteiger partial charge in [-0.1, -0.05) is 103 Å². The lowest BCUT2D eigenvalue weighted by Crippen LogP contribution is -2.38. The highest BCUT2D eigenvalue weighted by molar-refractivity contribution is 8.01. The molecule has 2 heterocycles. The minimum Gasteiger partial charge on any atom is -0.445 e. The number of hydrogen-bond donors (Lipinski definition) is 2.